The first-order valence-electron chi connectivity index (χ1n) is 2.97. The smallest absolute Gasteiger partial charge is 0.0893 e. The fraction of sp³-hybridized carbons (Fsp3) is 0.167. The summed E-state index contributed by atoms with van der Waals surface area (Å²) in [7, 11) is 0. The molecule has 2 nitrogen and oxygen atoms in total. The second-order valence-corrected chi connectivity index (χ2v) is 3.46. The Morgan fingerprint density at radius 1 is 1.60 bits per heavy atom. The summed E-state index contributed by atoms with van der Waals surface area (Å²) in [5, 5.41) is 0. The monoisotopic (exact) mass is 170 g/mol. The molecule has 1 aliphatic carbocycles. The van der Waals surface area contributed by atoms with Crippen LogP contribution in [0.1, 0.15) is 0 Å². The molecule has 0 radical (unpaired) electrons. The number of hydrazine groups is 1. The van der Waals surface area contributed by atoms with Crippen molar-refractivity contribution in [3.8, 4) is 0 Å². The lowest BCUT2D eigenvalue weighted by molar-refractivity contribution is 0.721. The molecule has 0 saturated carbocycles. The van der Waals surface area contributed by atoms with Gasteiger partial charge in [0.2, 0.25) is 0 Å². The maximum atomic E-state index is 5.10. The molecule has 10 heavy (non-hydrogen) atoms. The molecule has 1 atom stereocenters. The standard InChI is InChI=1S/C6H6N2S2/c9-4-2-1-3-5-6(4)7-8-10-5/h1-3,6-8H. The van der Waals surface area contributed by atoms with E-state index in [0.29, 0.717) is 0 Å². The third-order valence-corrected chi connectivity index (χ3v) is 2.66. The Morgan fingerprint density at radius 2 is 2.50 bits per heavy atom. The zero-order valence-electron chi connectivity index (χ0n) is 5.13. The highest BCUT2D eigenvalue weighted by Crippen LogP contribution is 2.25. The minimum Gasteiger partial charge on any atom is -0.234 e. The Morgan fingerprint density at radius 3 is 3.30 bits per heavy atom. The van der Waals surface area contributed by atoms with Crippen molar-refractivity contribution < 1.29 is 0 Å². The van der Waals surface area contributed by atoms with Gasteiger partial charge in [-0.25, -0.2) is 5.43 Å². The van der Waals surface area contributed by atoms with Crippen LogP contribution in [-0.2, 0) is 0 Å². The largest absolute Gasteiger partial charge is 0.234 e. The number of rotatable bonds is 0. The highest BCUT2D eigenvalue weighted by atomic mass is 32.2. The predicted molar refractivity (Wildman–Crippen MR) is 47.5 cm³/mol. The van der Waals surface area contributed by atoms with Crippen LogP contribution < -0.4 is 10.3 Å². The van der Waals surface area contributed by atoms with Crippen molar-refractivity contribution >= 4 is 29.0 Å². The van der Waals surface area contributed by atoms with Gasteiger partial charge in [0.25, 0.3) is 0 Å². The molecular formula is C6H6N2S2. The van der Waals surface area contributed by atoms with Crippen molar-refractivity contribution in [1.29, 1.82) is 0 Å². The molecule has 0 amide bonds. The van der Waals surface area contributed by atoms with E-state index in [0.717, 1.165) is 4.86 Å². The summed E-state index contributed by atoms with van der Waals surface area (Å²) in [6.07, 6.45) is 6.00. The van der Waals surface area contributed by atoms with Crippen LogP contribution in [0.25, 0.3) is 0 Å². The molecule has 2 aliphatic rings. The minimum atomic E-state index is 0.241. The molecule has 1 aliphatic heterocycles. The summed E-state index contributed by atoms with van der Waals surface area (Å²) < 4.78 is 0. The summed E-state index contributed by atoms with van der Waals surface area (Å²) in [6.45, 7) is 0. The van der Waals surface area contributed by atoms with Crippen molar-refractivity contribution in [1.82, 2.24) is 10.3 Å². The zero-order valence-corrected chi connectivity index (χ0v) is 6.76. The van der Waals surface area contributed by atoms with Crippen LogP contribution >= 0.6 is 24.2 Å². The predicted octanol–water partition coefficient (Wildman–Crippen LogP) is 0.935. The summed E-state index contributed by atoms with van der Waals surface area (Å²) in [6, 6.07) is 0.241. The van der Waals surface area contributed by atoms with Crippen LogP contribution in [0.4, 0.5) is 0 Å². The normalized spacial score (nSPS) is 30.2. The van der Waals surface area contributed by atoms with E-state index < -0.39 is 0 Å². The van der Waals surface area contributed by atoms with Gasteiger partial charge in [-0.1, -0.05) is 18.3 Å². The number of allylic oxidation sites excluding steroid dienone is 2. The van der Waals surface area contributed by atoms with Gasteiger partial charge in [-0.05, 0) is 24.1 Å². The fourth-order valence-electron chi connectivity index (χ4n) is 0.953. The van der Waals surface area contributed by atoms with Crippen LogP contribution in [0.15, 0.2) is 23.1 Å². The van der Waals surface area contributed by atoms with Gasteiger partial charge in [0.05, 0.1) is 6.04 Å². The molecule has 0 aromatic heterocycles. The third-order valence-electron chi connectivity index (χ3n) is 1.46. The second-order valence-electron chi connectivity index (χ2n) is 2.11. The van der Waals surface area contributed by atoms with Crippen molar-refractivity contribution in [3.63, 3.8) is 0 Å². The molecule has 0 aromatic rings. The number of thiocarbonyl (C=S) groups is 1. The molecule has 1 heterocycles. The summed E-state index contributed by atoms with van der Waals surface area (Å²) in [5.41, 5.74) is 3.06. The Kier molecular flexibility index (Phi) is 1.61. The van der Waals surface area contributed by atoms with E-state index in [9.17, 15) is 0 Å². The molecule has 0 spiro atoms. The van der Waals surface area contributed by atoms with Crippen LogP contribution in [0, 0.1) is 0 Å². The Hall–Kier alpha value is -0.160. The lowest BCUT2D eigenvalue weighted by atomic mass is 10.1. The van der Waals surface area contributed by atoms with E-state index >= 15 is 0 Å². The molecular weight excluding hydrogens is 164 g/mol. The zero-order chi connectivity index (χ0) is 6.97. The highest BCUT2D eigenvalue weighted by molar-refractivity contribution is 8.01. The number of nitrogens with one attached hydrogen (secondary N) is 2. The van der Waals surface area contributed by atoms with E-state index in [1.807, 2.05) is 12.2 Å². The molecule has 52 valence electrons. The molecule has 1 unspecified atom stereocenters. The van der Waals surface area contributed by atoms with E-state index in [2.05, 4.69) is 16.3 Å². The lowest BCUT2D eigenvalue weighted by Gasteiger charge is -2.10. The highest BCUT2D eigenvalue weighted by Gasteiger charge is 2.24. The fourth-order valence-corrected chi connectivity index (χ4v) is 2.04. The van der Waals surface area contributed by atoms with E-state index in [1.54, 1.807) is 11.9 Å². The third kappa shape index (κ3) is 0.932. The van der Waals surface area contributed by atoms with Gasteiger partial charge in [-0.3, -0.25) is 0 Å². The molecule has 0 aromatic carbocycles. The first-order chi connectivity index (χ1) is 4.88. The molecule has 4 heteroatoms. The molecule has 2 rings (SSSR count). The SMILES string of the molecule is S=C1C=CC=C2SNNC12. The average molecular weight is 170 g/mol. The van der Waals surface area contributed by atoms with E-state index in [4.69, 9.17) is 12.2 Å². The topological polar surface area (TPSA) is 24.1 Å². The van der Waals surface area contributed by atoms with Crippen molar-refractivity contribution in [2.75, 3.05) is 0 Å². The first kappa shape index (κ1) is 6.54. The Labute approximate surface area is 68.9 Å². The van der Waals surface area contributed by atoms with Crippen molar-refractivity contribution in [2.24, 2.45) is 0 Å². The van der Waals surface area contributed by atoms with Gasteiger partial charge in [0.15, 0.2) is 0 Å². The van der Waals surface area contributed by atoms with Crippen molar-refractivity contribution in [2.45, 2.75) is 6.04 Å². The summed E-state index contributed by atoms with van der Waals surface area (Å²) in [4.78, 5) is 5.18. The Balaban J connectivity index is 2.33. The van der Waals surface area contributed by atoms with Gasteiger partial charge < -0.3 is 0 Å². The van der Waals surface area contributed by atoms with Gasteiger partial charge in [0, 0.05) is 9.77 Å². The van der Waals surface area contributed by atoms with Crippen LogP contribution in [0.5, 0.6) is 0 Å². The maximum absolute atomic E-state index is 5.10. The summed E-state index contributed by atoms with van der Waals surface area (Å²) >= 11 is 6.69. The molecule has 1 saturated heterocycles. The van der Waals surface area contributed by atoms with Gasteiger partial charge in [0.1, 0.15) is 0 Å². The van der Waals surface area contributed by atoms with Gasteiger partial charge in [-0.2, -0.15) is 4.83 Å². The quantitative estimate of drug-likeness (QED) is 0.417. The molecule has 1 fully saturated rings. The minimum absolute atomic E-state index is 0.241. The van der Waals surface area contributed by atoms with Crippen LogP contribution in [0.2, 0.25) is 0 Å². The number of hydrogen-bond donors (Lipinski definition) is 2. The lowest BCUT2D eigenvalue weighted by Crippen LogP contribution is -2.35. The number of hydrogen-bond acceptors (Lipinski definition) is 4. The average Bonchev–Trinajstić information content (AvgIpc) is 2.36. The second kappa shape index (κ2) is 2.47. The molecule has 0 bridgehead atoms. The van der Waals surface area contributed by atoms with Crippen molar-refractivity contribution in [3.05, 3.63) is 23.1 Å². The Bertz CT molecular complexity index is 232. The first-order valence-corrected chi connectivity index (χ1v) is 4.20. The van der Waals surface area contributed by atoms with E-state index in [-0.39, 0.29) is 6.04 Å². The van der Waals surface area contributed by atoms with Gasteiger partial charge >= 0.3 is 0 Å². The number of fused-ring (bicyclic) bond motifs is 1. The van der Waals surface area contributed by atoms with Crippen LogP contribution in [-0.4, -0.2) is 10.9 Å². The van der Waals surface area contributed by atoms with Gasteiger partial charge in [-0.15, -0.1) is 0 Å². The molecule has 2 N–H and O–H groups in total. The summed E-state index contributed by atoms with van der Waals surface area (Å²) in [5.74, 6) is 0. The van der Waals surface area contributed by atoms with Crippen LogP contribution in [0.3, 0.4) is 0 Å². The maximum Gasteiger partial charge on any atom is 0.0893 e. The van der Waals surface area contributed by atoms with E-state index in [1.165, 1.54) is 4.91 Å².